The van der Waals surface area contributed by atoms with Crippen molar-refractivity contribution < 1.29 is 9.26 Å². The number of hydrogen-bond donors (Lipinski definition) is 0. The van der Waals surface area contributed by atoms with Crippen molar-refractivity contribution in [2.24, 2.45) is 0 Å². The number of halogens is 1. The molecular weight excluding hydrogens is 354 g/mol. The maximum Gasteiger partial charge on any atom is 0.170 e. The number of rotatable bonds is 6. The van der Waals surface area contributed by atoms with Crippen LogP contribution in [-0.2, 0) is 17.8 Å². The van der Waals surface area contributed by atoms with Gasteiger partial charge in [-0.25, -0.2) is 0 Å². The van der Waals surface area contributed by atoms with Crippen LogP contribution in [0.2, 0.25) is 0 Å². The summed E-state index contributed by atoms with van der Waals surface area (Å²) in [6, 6.07) is 18.2. The molecule has 0 unspecified atom stereocenters. The van der Waals surface area contributed by atoms with Crippen molar-refractivity contribution >= 4 is 15.9 Å². The van der Waals surface area contributed by atoms with E-state index < -0.39 is 0 Å². The van der Waals surface area contributed by atoms with E-state index in [1.54, 1.807) is 0 Å². The number of hydrogen-bond acceptors (Lipinski definition) is 3. The Morgan fingerprint density at radius 1 is 1.04 bits per heavy atom. The van der Waals surface area contributed by atoms with Crippen LogP contribution in [0.4, 0.5) is 0 Å². The molecule has 0 N–H and O–H groups in total. The van der Waals surface area contributed by atoms with E-state index in [9.17, 15) is 0 Å². The lowest BCUT2D eigenvalue weighted by molar-refractivity contribution is 0.124. The minimum absolute atomic E-state index is 0.624. The summed E-state index contributed by atoms with van der Waals surface area (Å²) in [5.74, 6) is 0.832. The van der Waals surface area contributed by atoms with Gasteiger partial charge in [-0.2, -0.15) is 0 Å². The first kappa shape index (κ1) is 16.0. The fraction of sp³-hybridized carbons (Fsp3) is 0.211. The molecule has 4 heteroatoms. The predicted molar refractivity (Wildman–Crippen MR) is 94.2 cm³/mol. The lowest BCUT2D eigenvalue weighted by Crippen LogP contribution is -2.00. The Bertz CT molecular complexity index is 751. The van der Waals surface area contributed by atoms with E-state index >= 15 is 0 Å². The molecule has 0 fully saturated rings. The van der Waals surface area contributed by atoms with Crippen molar-refractivity contribution in [3.63, 3.8) is 0 Å². The zero-order chi connectivity index (χ0) is 16.1. The molecule has 3 rings (SSSR count). The quantitative estimate of drug-likeness (QED) is 0.560. The zero-order valence-electron chi connectivity index (χ0n) is 13.0. The molecule has 0 aliphatic carbocycles. The van der Waals surface area contributed by atoms with Gasteiger partial charge in [-0.05, 0) is 24.6 Å². The molecule has 0 atom stereocenters. The van der Waals surface area contributed by atoms with Gasteiger partial charge in [0, 0.05) is 22.0 Å². The van der Waals surface area contributed by atoms with Gasteiger partial charge in [0.1, 0.15) is 0 Å². The first-order valence-electron chi connectivity index (χ1n) is 7.57. The molecule has 0 aliphatic rings. The molecule has 0 bridgehead atoms. The number of nitrogens with zero attached hydrogens (tertiary/aromatic N) is 1. The predicted octanol–water partition coefficient (Wildman–Crippen LogP) is 5.17. The van der Waals surface area contributed by atoms with Gasteiger partial charge >= 0.3 is 0 Å². The van der Waals surface area contributed by atoms with Crippen LogP contribution in [-0.4, -0.2) is 11.8 Å². The molecule has 1 heterocycles. The average Bonchev–Trinajstić information content (AvgIpc) is 2.94. The minimum Gasteiger partial charge on any atom is -0.376 e. The molecule has 0 amide bonds. The molecule has 0 radical (unpaired) electrons. The van der Waals surface area contributed by atoms with E-state index in [1.165, 1.54) is 5.56 Å². The van der Waals surface area contributed by atoms with Crippen LogP contribution in [0.15, 0.2) is 63.6 Å². The maximum atomic E-state index is 5.78. The fourth-order valence-electron chi connectivity index (χ4n) is 2.45. The maximum absolute atomic E-state index is 5.78. The minimum atomic E-state index is 0.624. The van der Waals surface area contributed by atoms with Gasteiger partial charge in [-0.1, -0.05) is 63.6 Å². The third-order valence-electron chi connectivity index (χ3n) is 3.70. The smallest absolute Gasteiger partial charge is 0.170 e. The van der Waals surface area contributed by atoms with Gasteiger partial charge in [-0.3, -0.25) is 0 Å². The highest BCUT2D eigenvalue weighted by molar-refractivity contribution is 9.10. The third-order valence-corrected chi connectivity index (χ3v) is 4.23. The van der Waals surface area contributed by atoms with Crippen molar-refractivity contribution in [3.8, 4) is 11.3 Å². The Labute approximate surface area is 144 Å². The highest BCUT2D eigenvalue weighted by Gasteiger charge is 2.14. The second kappa shape index (κ2) is 7.57. The van der Waals surface area contributed by atoms with E-state index in [2.05, 4.69) is 33.2 Å². The molecule has 0 saturated carbocycles. The molecule has 118 valence electrons. The normalized spacial score (nSPS) is 10.9. The van der Waals surface area contributed by atoms with Gasteiger partial charge in [-0.15, -0.1) is 0 Å². The van der Waals surface area contributed by atoms with Crippen LogP contribution < -0.4 is 0 Å². The summed E-state index contributed by atoms with van der Waals surface area (Å²) in [6.07, 6.45) is 0.785. The van der Waals surface area contributed by atoms with Gasteiger partial charge in [0.15, 0.2) is 5.76 Å². The lowest BCUT2D eigenvalue weighted by atomic mass is 10.0. The largest absolute Gasteiger partial charge is 0.376 e. The monoisotopic (exact) mass is 371 g/mol. The topological polar surface area (TPSA) is 35.3 Å². The van der Waals surface area contributed by atoms with Crippen molar-refractivity contribution in [1.82, 2.24) is 5.16 Å². The Hall–Kier alpha value is -1.91. The Kier molecular flexibility index (Phi) is 5.26. The van der Waals surface area contributed by atoms with Crippen molar-refractivity contribution in [2.45, 2.75) is 20.0 Å². The molecule has 3 nitrogen and oxygen atoms in total. The summed E-state index contributed by atoms with van der Waals surface area (Å²) >= 11 is 3.45. The van der Waals surface area contributed by atoms with Gasteiger partial charge in [0.05, 0.1) is 18.9 Å². The van der Waals surface area contributed by atoms with Crippen molar-refractivity contribution in [2.75, 3.05) is 6.61 Å². The summed E-state index contributed by atoms with van der Waals surface area (Å²) in [7, 11) is 0. The first-order valence-corrected chi connectivity index (χ1v) is 8.36. The number of aryl methyl sites for hydroxylation is 1. The van der Waals surface area contributed by atoms with E-state index in [0.29, 0.717) is 13.2 Å². The fourth-order valence-corrected chi connectivity index (χ4v) is 2.71. The molecule has 3 aromatic rings. The van der Waals surface area contributed by atoms with Crippen LogP contribution in [0, 0.1) is 6.92 Å². The van der Waals surface area contributed by atoms with Crippen LogP contribution in [0.1, 0.15) is 16.8 Å². The van der Waals surface area contributed by atoms with E-state index in [1.807, 2.05) is 49.4 Å². The molecule has 2 aromatic carbocycles. The highest BCUT2D eigenvalue weighted by Crippen LogP contribution is 2.27. The second-order valence-corrected chi connectivity index (χ2v) is 6.29. The van der Waals surface area contributed by atoms with Gasteiger partial charge in [0.2, 0.25) is 0 Å². The molecule has 0 aliphatic heterocycles. The summed E-state index contributed by atoms with van der Waals surface area (Å²) in [5, 5.41) is 4.11. The summed E-state index contributed by atoms with van der Waals surface area (Å²) in [5.41, 5.74) is 4.25. The third kappa shape index (κ3) is 4.09. The average molecular weight is 372 g/mol. The highest BCUT2D eigenvalue weighted by atomic mass is 79.9. The molecule has 0 spiro atoms. The van der Waals surface area contributed by atoms with E-state index in [4.69, 9.17) is 9.26 Å². The van der Waals surface area contributed by atoms with Crippen molar-refractivity contribution in [1.29, 1.82) is 0 Å². The Morgan fingerprint density at radius 2 is 1.78 bits per heavy atom. The summed E-state index contributed by atoms with van der Waals surface area (Å²) in [6.45, 7) is 3.23. The van der Waals surface area contributed by atoms with Crippen LogP contribution >= 0.6 is 15.9 Å². The summed E-state index contributed by atoms with van der Waals surface area (Å²) < 4.78 is 12.3. The molecule has 0 saturated heterocycles. The second-order valence-electron chi connectivity index (χ2n) is 5.37. The van der Waals surface area contributed by atoms with Crippen molar-refractivity contribution in [3.05, 3.63) is 75.9 Å². The first-order chi connectivity index (χ1) is 11.2. The van der Waals surface area contributed by atoms with Crippen LogP contribution in [0.5, 0.6) is 0 Å². The summed E-state index contributed by atoms with van der Waals surface area (Å²) in [4.78, 5) is 0. The number of aromatic nitrogens is 1. The zero-order valence-corrected chi connectivity index (χ0v) is 14.5. The lowest BCUT2D eigenvalue weighted by Gasteiger charge is -2.05. The van der Waals surface area contributed by atoms with Gasteiger partial charge < -0.3 is 9.26 Å². The van der Waals surface area contributed by atoms with Gasteiger partial charge in [0.25, 0.3) is 0 Å². The van der Waals surface area contributed by atoms with Crippen LogP contribution in [0.3, 0.4) is 0 Å². The Morgan fingerprint density at radius 3 is 2.52 bits per heavy atom. The molecule has 23 heavy (non-hydrogen) atoms. The number of ether oxygens (including phenoxy) is 1. The Balaban J connectivity index is 1.64. The standard InChI is InChI=1S/C19H18BrNO2/c1-14-18(11-12-22-13-15-5-3-2-4-6-15)19(23-21-14)16-7-9-17(20)10-8-16/h2-10H,11-13H2,1H3. The number of benzene rings is 2. The molecular formula is C19H18BrNO2. The van der Waals surface area contributed by atoms with Crippen LogP contribution in [0.25, 0.3) is 11.3 Å². The SMILES string of the molecule is Cc1noc(-c2ccc(Br)cc2)c1CCOCc1ccccc1. The van der Waals surface area contributed by atoms with E-state index in [0.717, 1.165) is 33.5 Å². The van der Waals surface area contributed by atoms with E-state index in [-0.39, 0.29) is 0 Å². The molecule has 1 aromatic heterocycles.